The Hall–Kier alpha value is -1.46. The molecule has 130 valence electrons. The van der Waals surface area contributed by atoms with E-state index in [1.165, 1.54) is 6.42 Å². The number of amides is 1. The van der Waals surface area contributed by atoms with Gasteiger partial charge in [-0.25, -0.2) is 0 Å². The van der Waals surface area contributed by atoms with Crippen LogP contribution in [-0.2, 0) is 11.2 Å². The second kappa shape index (κ2) is 6.45. The van der Waals surface area contributed by atoms with Crippen LogP contribution in [0, 0.1) is 17.8 Å². The van der Waals surface area contributed by atoms with Crippen LogP contribution in [0.15, 0.2) is 12.1 Å². The number of nitrogens with one attached hydrogen (secondary N) is 1. The van der Waals surface area contributed by atoms with Crippen LogP contribution in [0.25, 0.3) is 0 Å². The molecule has 4 rings (SSSR count). The Morgan fingerprint density at radius 2 is 2.04 bits per heavy atom. The molecule has 0 radical (unpaired) electrons. The fraction of sp³-hybridized carbons (Fsp3) is 0.611. The maximum atomic E-state index is 12.5. The van der Waals surface area contributed by atoms with Crippen molar-refractivity contribution >= 4 is 17.5 Å². The summed E-state index contributed by atoms with van der Waals surface area (Å²) in [6.45, 7) is 1.63. The zero-order valence-corrected chi connectivity index (χ0v) is 14.3. The highest BCUT2D eigenvalue weighted by Crippen LogP contribution is 2.47. The third-order valence-corrected chi connectivity index (χ3v) is 5.93. The minimum atomic E-state index is -0.00685. The number of rotatable bonds is 4. The minimum absolute atomic E-state index is 0.00685. The number of hydrogen-bond donors (Lipinski definition) is 2. The number of carbonyl (C=O) groups excluding carboxylic acids is 1. The third-order valence-electron chi connectivity index (χ3n) is 5.65. The predicted octanol–water partition coefficient (Wildman–Crippen LogP) is 2.14. The zero-order chi connectivity index (χ0) is 16.7. The van der Waals surface area contributed by atoms with Crippen LogP contribution in [0.3, 0.4) is 0 Å². The first-order valence-corrected chi connectivity index (χ1v) is 9.12. The molecule has 3 N–H and O–H groups in total. The molecule has 0 saturated heterocycles. The van der Waals surface area contributed by atoms with Crippen molar-refractivity contribution in [3.63, 3.8) is 0 Å². The van der Waals surface area contributed by atoms with E-state index in [-0.39, 0.29) is 17.9 Å². The molecule has 4 unspecified atom stereocenters. The van der Waals surface area contributed by atoms with Crippen LogP contribution >= 0.6 is 11.6 Å². The minimum Gasteiger partial charge on any atom is -0.486 e. The summed E-state index contributed by atoms with van der Waals surface area (Å²) in [5.74, 6) is 2.43. The van der Waals surface area contributed by atoms with E-state index in [1.54, 1.807) is 0 Å². The van der Waals surface area contributed by atoms with E-state index in [4.69, 9.17) is 26.8 Å². The Morgan fingerprint density at radius 3 is 2.83 bits per heavy atom. The van der Waals surface area contributed by atoms with Crippen molar-refractivity contribution in [1.29, 1.82) is 0 Å². The Labute approximate surface area is 146 Å². The lowest BCUT2D eigenvalue weighted by Crippen LogP contribution is -2.45. The van der Waals surface area contributed by atoms with Crippen molar-refractivity contribution in [1.82, 2.24) is 5.32 Å². The quantitative estimate of drug-likeness (QED) is 0.872. The summed E-state index contributed by atoms with van der Waals surface area (Å²) in [6, 6.07) is 3.85. The maximum Gasteiger partial charge on any atom is 0.224 e. The van der Waals surface area contributed by atoms with Gasteiger partial charge in [-0.1, -0.05) is 11.6 Å². The third kappa shape index (κ3) is 2.84. The van der Waals surface area contributed by atoms with E-state index >= 15 is 0 Å². The van der Waals surface area contributed by atoms with Gasteiger partial charge in [0.2, 0.25) is 5.91 Å². The first kappa shape index (κ1) is 16.0. The number of carbonyl (C=O) groups is 1. The van der Waals surface area contributed by atoms with Gasteiger partial charge in [-0.15, -0.1) is 0 Å². The lowest BCUT2D eigenvalue weighted by Gasteiger charge is -2.27. The van der Waals surface area contributed by atoms with Crippen LogP contribution < -0.4 is 20.5 Å². The molecule has 1 aliphatic heterocycles. The van der Waals surface area contributed by atoms with Gasteiger partial charge in [0.1, 0.15) is 13.2 Å². The molecule has 1 heterocycles. The van der Waals surface area contributed by atoms with Gasteiger partial charge in [-0.3, -0.25) is 4.79 Å². The summed E-state index contributed by atoms with van der Waals surface area (Å²) < 4.78 is 11.1. The Balaban J connectivity index is 1.34. The van der Waals surface area contributed by atoms with E-state index in [9.17, 15) is 4.79 Å². The number of benzene rings is 1. The Bertz CT molecular complexity index is 649. The highest BCUT2D eigenvalue weighted by molar-refractivity contribution is 6.32. The van der Waals surface area contributed by atoms with Crippen molar-refractivity contribution in [2.75, 3.05) is 19.8 Å². The van der Waals surface area contributed by atoms with Crippen molar-refractivity contribution in [2.45, 2.75) is 31.7 Å². The molecule has 1 aromatic rings. The summed E-state index contributed by atoms with van der Waals surface area (Å²) in [7, 11) is 0. The average Bonchev–Trinajstić information content (AvgIpc) is 3.16. The van der Waals surface area contributed by atoms with Gasteiger partial charge in [0.05, 0.1) is 10.9 Å². The van der Waals surface area contributed by atoms with Crippen molar-refractivity contribution in [3.8, 4) is 11.5 Å². The summed E-state index contributed by atoms with van der Waals surface area (Å²) in [6.07, 6.45) is 4.16. The molecule has 5 nitrogen and oxygen atoms in total. The Kier molecular flexibility index (Phi) is 4.31. The van der Waals surface area contributed by atoms with E-state index < -0.39 is 0 Å². The molecular formula is C18H23ClN2O3. The van der Waals surface area contributed by atoms with E-state index in [1.807, 2.05) is 12.1 Å². The van der Waals surface area contributed by atoms with Gasteiger partial charge in [-0.05, 0) is 55.2 Å². The van der Waals surface area contributed by atoms with E-state index in [0.29, 0.717) is 54.5 Å². The average molecular weight is 351 g/mol. The number of hydrogen-bond acceptors (Lipinski definition) is 4. The molecule has 4 atom stereocenters. The van der Waals surface area contributed by atoms with Gasteiger partial charge < -0.3 is 20.5 Å². The monoisotopic (exact) mass is 350 g/mol. The largest absolute Gasteiger partial charge is 0.486 e. The summed E-state index contributed by atoms with van der Waals surface area (Å²) in [4.78, 5) is 12.5. The highest BCUT2D eigenvalue weighted by atomic mass is 35.5. The molecule has 6 heteroatoms. The summed E-state index contributed by atoms with van der Waals surface area (Å²) >= 11 is 6.25. The second-order valence-electron chi connectivity index (χ2n) is 7.08. The topological polar surface area (TPSA) is 73.6 Å². The van der Waals surface area contributed by atoms with Gasteiger partial charge in [-0.2, -0.15) is 0 Å². The lowest BCUT2D eigenvalue weighted by atomic mass is 9.84. The number of fused-ring (bicyclic) bond motifs is 3. The van der Waals surface area contributed by atoms with Crippen molar-refractivity contribution < 1.29 is 14.3 Å². The normalized spacial score (nSPS) is 30.4. The first-order valence-electron chi connectivity index (χ1n) is 8.75. The lowest BCUT2D eigenvalue weighted by molar-refractivity contribution is -0.127. The molecule has 2 bridgehead atoms. The van der Waals surface area contributed by atoms with Crippen molar-refractivity contribution in [2.24, 2.45) is 23.5 Å². The molecule has 2 aliphatic carbocycles. The SMILES string of the molecule is NC1C2CCC(C2)C1C(=O)NCCc1cc(Cl)c2c(c1)OCCO2. The summed E-state index contributed by atoms with van der Waals surface area (Å²) in [5, 5.41) is 3.61. The van der Waals surface area contributed by atoms with Crippen LogP contribution in [0.5, 0.6) is 11.5 Å². The van der Waals surface area contributed by atoms with Crippen LogP contribution in [0.2, 0.25) is 5.02 Å². The molecular weight excluding hydrogens is 328 g/mol. The number of nitrogens with two attached hydrogens (primary N) is 1. The van der Waals surface area contributed by atoms with E-state index in [0.717, 1.165) is 18.4 Å². The molecule has 0 spiro atoms. The molecule has 1 aromatic carbocycles. The molecule has 2 saturated carbocycles. The molecule has 3 aliphatic rings. The molecule has 0 aromatic heterocycles. The van der Waals surface area contributed by atoms with Crippen LogP contribution in [-0.4, -0.2) is 31.7 Å². The number of ether oxygens (including phenoxy) is 2. The van der Waals surface area contributed by atoms with Gasteiger partial charge in [0.15, 0.2) is 11.5 Å². The molecule has 24 heavy (non-hydrogen) atoms. The first-order chi connectivity index (χ1) is 11.6. The zero-order valence-electron chi connectivity index (χ0n) is 13.6. The standard InChI is InChI=1S/C18H23ClN2O3/c19-13-7-10(8-14-17(13)24-6-5-23-14)3-4-21-18(22)15-11-1-2-12(9-11)16(15)20/h7-8,11-12,15-16H,1-6,9,20H2,(H,21,22). The fourth-order valence-electron chi connectivity index (χ4n) is 4.48. The van der Waals surface area contributed by atoms with E-state index in [2.05, 4.69) is 5.32 Å². The van der Waals surface area contributed by atoms with Crippen LogP contribution in [0.4, 0.5) is 0 Å². The number of halogens is 1. The molecule has 2 fully saturated rings. The van der Waals surface area contributed by atoms with Gasteiger partial charge >= 0.3 is 0 Å². The fourth-order valence-corrected chi connectivity index (χ4v) is 4.77. The highest BCUT2D eigenvalue weighted by Gasteiger charge is 2.48. The molecule has 1 amide bonds. The van der Waals surface area contributed by atoms with Crippen molar-refractivity contribution in [3.05, 3.63) is 22.7 Å². The predicted molar refractivity (Wildman–Crippen MR) is 91.5 cm³/mol. The maximum absolute atomic E-state index is 12.5. The van der Waals surface area contributed by atoms with Crippen LogP contribution in [0.1, 0.15) is 24.8 Å². The van der Waals surface area contributed by atoms with Gasteiger partial charge in [0, 0.05) is 12.6 Å². The summed E-state index contributed by atoms with van der Waals surface area (Å²) in [5.41, 5.74) is 7.26. The Morgan fingerprint density at radius 1 is 1.25 bits per heavy atom. The smallest absolute Gasteiger partial charge is 0.224 e. The second-order valence-corrected chi connectivity index (χ2v) is 7.49. The van der Waals surface area contributed by atoms with Gasteiger partial charge in [0.25, 0.3) is 0 Å².